The number of allylic oxidation sites excluding steroid dienone is 10. The number of hydrogen-bond acceptors (Lipinski definition) is 7. The zero-order valence-corrected chi connectivity index (χ0v) is 39.4. The molecule has 6 nitrogen and oxygen atoms in total. The molecule has 0 aliphatic heterocycles. The summed E-state index contributed by atoms with van der Waals surface area (Å²) in [5.74, 6) is 0.156. The molecule has 3 aromatic rings. The fourth-order valence-corrected chi connectivity index (χ4v) is 9.79. The lowest BCUT2D eigenvalue weighted by Gasteiger charge is -2.31. The molecule has 1 heterocycles. The summed E-state index contributed by atoms with van der Waals surface area (Å²) in [6.07, 6.45) is 16.9. The lowest BCUT2D eigenvalue weighted by molar-refractivity contribution is -0.114. The maximum absolute atomic E-state index is 14.2. The van der Waals surface area contributed by atoms with Crippen LogP contribution in [-0.4, -0.2) is 11.6 Å². The van der Waals surface area contributed by atoms with Gasteiger partial charge in [0.1, 0.15) is 11.4 Å². The summed E-state index contributed by atoms with van der Waals surface area (Å²) >= 11 is 1.59. The van der Waals surface area contributed by atoms with Gasteiger partial charge >= 0.3 is 0 Å². The van der Waals surface area contributed by atoms with Gasteiger partial charge in [-0.25, -0.2) is 0 Å². The van der Waals surface area contributed by atoms with E-state index < -0.39 is 21.7 Å². The molecule has 4 aliphatic rings. The van der Waals surface area contributed by atoms with Crippen LogP contribution in [0.1, 0.15) is 141 Å². The number of Topliss-reactive ketones (excluding diaryl/α,β-unsaturated/α-hetero) is 2. The Labute approximate surface area is 368 Å². The molecule has 0 spiro atoms. The fraction of sp³-hybridized carbons (Fsp3) is 0.444. The molecule has 0 N–H and O–H groups in total. The summed E-state index contributed by atoms with van der Waals surface area (Å²) in [7, 11) is 0. The average molecular weight is 833 g/mol. The molecule has 0 bridgehead atoms. The van der Waals surface area contributed by atoms with E-state index in [1.54, 1.807) is 11.3 Å². The Morgan fingerprint density at radius 1 is 0.459 bits per heavy atom. The van der Waals surface area contributed by atoms with Gasteiger partial charge in [-0.1, -0.05) is 107 Å². The quantitative estimate of drug-likeness (QED) is 0.232. The van der Waals surface area contributed by atoms with Gasteiger partial charge in [0.05, 0.1) is 21.1 Å². The van der Waals surface area contributed by atoms with Crippen LogP contribution >= 0.6 is 11.3 Å². The minimum atomic E-state index is -0.393. The second-order valence-corrected chi connectivity index (χ2v) is 22.4. The Kier molecular flexibility index (Phi) is 12.1. The third-order valence-electron chi connectivity index (χ3n) is 12.3. The highest BCUT2D eigenvalue weighted by Gasteiger charge is 2.37. The van der Waals surface area contributed by atoms with Gasteiger partial charge in [0, 0.05) is 33.4 Å². The average Bonchev–Trinajstić information content (AvgIpc) is 3.66. The smallest absolute Gasteiger partial charge is 0.186 e. The van der Waals surface area contributed by atoms with E-state index in [-0.39, 0.29) is 11.6 Å². The van der Waals surface area contributed by atoms with Crippen molar-refractivity contribution >= 4 is 45.7 Å². The van der Waals surface area contributed by atoms with E-state index in [9.17, 15) is 9.59 Å². The van der Waals surface area contributed by atoms with Crippen LogP contribution < -0.4 is 0 Å². The summed E-state index contributed by atoms with van der Waals surface area (Å²) in [4.78, 5) is 30.1. The number of carbonyl (C=O) groups excluding carboxylic acids is 2. The number of rotatable bonds is 6. The van der Waals surface area contributed by atoms with E-state index >= 15 is 0 Å². The van der Waals surface area contributed by atoms with Crippen molar-refractivity contribution in [2.75, 3.05) is 0 Å². The van der Waals surface area contributed by atoms with Crippen molar-refractivity contribution in [1.82, 2.24) is 0 Å². The van der Waals surface area contributed by atoms with Gasteiger partial charge in [-0.15, -0.1) is 21.6 Å². The van der Waals surface area contributed by atoms with Crippen molar-refractivity contribution in [3.05, 3.63) is 138 Å². The van der Waals surface area contributed by atoms with Crippen molar-refractivity contribution in [3.8, 4) is 0 Å². The molecule has 4 aliphatic carbocycles. The van der Waals surface area contributed by atoms with Crippen LogP contribution in [-0.2, 0) is 35.3 Å². The zero-order chi connectivity index (χ0) is 44.1. The molecule has 0 fully saturated rings. The second kappa shape index (κ2) is 16.8. The molecule has 318 valence electrons. The first-order chi connectivity index (χ1) is 28.6. The first-order valence-electron chi connectivity index (χ1n) is 22.2. The second-order valence-electron chi connectivity index (χ2n) is 21.3. The van der Waals surface area contributed by atoms with E-state index in [1.807, 2.05) is 24.3 Å². The summed E-state index contributed by atoms with van der Waals surface area (Å²) in [6, 6.07) is 17.0. The zero-order valence-electron chi connectivity index (χ0n) is 38.6. The number of azo groups is 2. The highest BCUT2D eigenvalue weighted by atomic mass is 32.1. The Balaban J connectivity index is 1.48. The molecule has 7 rings (SSSR count). The van der Waals surface area contributed by atoms with E-state index in [1.165, 1.54) is 35.1 Å². The van der Waals surface area contributed by atoms with Gasteiger partial charge in [-0.2, -0.15) is 10.2 Å². The monoisotopic (exact) mass is 832 g/mol. The minimum Gasteiger partial charge on any atom is -0.289 e. The van der Waals surface area contributed by atoms with Crippen molar-refractivity contribution in [3.63, 3.8) is 0 Å². The lowest BCUT2D eigenvalue weighted by atomic mass is 9.71. The number of ketones is 2. The standard InChI is InChI=1S/C54H64N4O2S/c1-51(2,3)39-29-35(30-40(49(39)59)52(4,5)6)47(57-55-43-25-17-21-33-19-13-15-23-37(33)43)45-27-28-46(61-45)48(58-56-44-26-18-22-34-20-14-16-24-38(34)44)36-31-41(53(7,8)9)50(60)42(32-36)54(10,11)12/h17-18,21-22,25-32H,13-16,19-20,23-24H2,1-12H3. The normalized spacial score (nSPS) is 17.9. The SMILES string of the molecule is CC(C)(C)C1=CC(=C(N=Nc2cccc3c2CCCC3)c2ccc(C(N=Nc3cccc4c3CCCC4)=C3C=C(C(C)(C)C)C(=O)C(C(C)(C)C)=C3)s2)C=C(C(C)(C)C)C1=O. The maximum Gasteiger partial charge on any atom is 0.186 e. The highest BCUT2D eigenvalue weighted by molar-refractivity contribution is 7.14. The molecule has 0 saturated heterocycles. The van der Waals surface area contributed by atoms with Crippen LogP contribution in [0.5, 0.6) is 0 Å². The summed E-state index contributed by atoms with van der Waals surface area (Å²) in [5, 5.41) is 20.4. The van der Waals surface area contributed by atoms with Gasteiger partial charge in [0.25, 0.3) is 0 Å². The van der Waals surface area contributed by atoms with Crippen molar-refractivity contribution < 1.29 is 9.59 Å². The fourth-order valence-electron chi connectivity index (χ4n) is 8.77. The Morgan fingerprint density at radius 3 is 1.11 bits per heavy atom. The Morgan fingerprint density at radius 2 is 0.787 bits per heavy atom. The largest absolute Gasteiger partial charge is 0.289 e. The minimum absolute atomic E-state index is 0.0780. The Hall–Kier alpha value is -4.88. The number of fused-ring (bicyclic) bond motifs is 2. The van der Waals surface area contributed by atoms with E-state index in [4.69, 9.17) is 20.5 Å². The van der Waals surface area contributed by atoms with Gasteiger partial charge in [0.15, 0.2) is 11.6 Å². The van der Waals surface area contributed by atoms with Gasteiger partial charge < -0.3 is 0 Å². The van der Waals surface area contributed by atoms with Crippen molar-refractivity contribution in [1.29, 1.82) is 0 Å². The van der Waals surface area contributed by atoms with Gasteiger partial charge in [-0.3, -0.25) is 9.59 Å². The van der Waals surface area contributed by atoms with Gasteiger partial charge in [0.2, 0.25) is 0 Å². The third kappa shape index (κ3) is 9.48. The topological polar surface area (TPSA) is 83.6 Å². The van der Waals surface area contributed by atoms with Crippen LogP contribution in [0.4, 0.5) is 11.4 Å². The van der Waals surface area contributed by atoms with Crippen molar-refractivity contribution in [2.45, 2.75) is 134 Å². The molecule has 61 heavy (non-hydrogen) atoms. The predicted octanol–water partition coefficient (Wildman–Crippen LogP) is 15.6. The maximum atomic E-state index is 14.2. The van der Waals surface area contributed by atoms with Crippen LogP contribution in [0.2, 0.25) is 0 Å². The summed E-state index contributed by atoms with van der Waals surface area (Å²) in [5.41, 5.74) is 11.6. The number of aryl methyl sites for hydroxylation is 2. The molecule has 1 aromatic heterocycles. The Bertz CT molecular complexity index is 2290. The number of benzene rings is 2. The summed E-state index contributed by atoms with van der Waals surface area (Å²) in [6.45, 7) is 25.2. The number of carbonyl (C=O) groups is 2. The number of hydrogen-bond donors (Lipinski definition) is 0. The predicted molar refractivity (Wildman–Crippen MR) is 254 cm³/mol. The highest BCUT2D eigenvalue weighted by Crippen LogP contribution is 2.45. The molecule has 0 unspecified atom stereocenters. The van der Waals surface area contributed by atoms with Crippen molar-refractivity contribution in [2.24, 2.45) is 42.1 Å². The third-order valence-corrected chi connectivity index (χ3v) is 13.4. The van der Waals surface area contributed by atoms with Crippen LogP contribution in [0.3, 0.4) is 0 Å². The summed E-state index contributed by atoms with van der Waals surface area (Å²) < 4.78 is 0. The van der Waals surface area contributed by atoms with Crippen LogP contribution in [0, 0.1) is 21.7 Å². The van der Waals surface area contributed by atoms with Gasteiger partial charge in [-0.05, 0) is 144 Å². The lowest BCUT2D eigenvalue weighted by Crippen LogP contribution is -2.28. The molecule has 0 amide bonds. The number of nitrogens with zero attached hydrogens (tertiary/aromatic N) is 4. The first kappa shape index (κ1) is 44.2. The van der Waals surface area contributed by atoms with Crippen LogP contribution in [0.15, 0.2) is 127 Å². The molecular formula is C54H64N4O2S. The number of thiophene rings is 1. The molecular weight excluding hydrogens is 769 g/mol. The first-order valence-corrected chi connectivity index (χ1v) is 23.0. The van der Waals surface area contributed by atoms with E-state index in [0.29, 0.717) is 11.4 Å². The molecule has 2 aromatic carbocycles. The molecule has 7 heteroatoms. The van der Waals surface area contributed by atoms with E-state index in [0.717, 1.165) is 93.1 Å². The van der Waals surface area contributed by atoms with E-state index in [2.05, 4.69) is 132 Å². The molecule has 0 radical (unpaired) electrons. The van der Waals surface area contributed by atoms with Crippen LogP contribution in [0.25, 0.3) is 11.4 Å². The molecule has 0 atom stereocenters. The molecule has 0 saturated carbocycles.